The van der Waals surface area contributed by atoms with Gasteiger partial charge in [0.15, 0.2) is 0 Å². The zero-order valence-electron chi connectivity index (χ0n) is 10.3. The zero-order chi connectivity index (χ0) is 13.1. The van der Waals surface area contributed by atoms with Crippen LogP contribution >= 0.6 is 0 Å². The van der Waals surface area contributed by atoms with Crippen LogP contribution in [0.25, 0.3) is 0 Å². The van der Waals surface area contributed by atoms with Crippen molar-refractivity contribution < 1.29 is 9.90 Å². The van der Waals surface area contributed by atoms with Gasteiger partial charge in [0.1, 0.15) is 0 Å². The van der Waals surface area contributed by atoms with Crippen LogP contribution < -0.4 is 4.90 Å². The maximum absolute atomic E-state index is 11.1. The lowest BCUT2D eigenvalue weighted by Crippen LogP contribution is -2.42. The molecule has 1 N–H and O–H groups in total. The SMILES string of the molecule is CC1CC(C(=O)O)CN(c2ccc(C#N)cc2)C1. The molecule has 18 heavy (non-hydrogen) atoms. The minimum atomic E-state index is -0.722. The summed E-state index contributed by atoms with van der Waals surface area (Å²) in [5.74, 6) is -0.653. The van der Waals surface area contributed by atoms with Gasteiger partial charge < -0.3 is 10.0 Å². The first-order valence-electron chi connectivity index (χ1n) is 6.08. The fourth-order valence-corrected chi connectivity index (χ4v) is 2.49. The average molecular weight is 244 g/mol. The van der Waals surface area contributed by atoms with Crippen molar-refractivity contribution in [3.63, 3.8) is 0 Å². The van der Waals surface area contributed by atoms with Gasteiger partial charge in [-0.15, -0.1) is 0 Å². The van der Waals surface area contributed by atoms with Gasteiger partial charge in [-0.25, -0.2) is 0 Å². The second-order valence-electron chi connectivity index (χ2n) is 4.94. The van der Waals surface area contributed by atoms with Crippen LogP contribution in [-0.2, 0) is 4.79 Å². The van der Waals surface area contributed by atoms with E-state index in [2.05, 4.69) is 17.9 Å². The number of carboxylic acid groups (broad SMARTS) is 1. The van der Waals surface area contributed by atoms with Gasteiger partial charge in [0.25, 0.3) is 0 Å². The van der Waals surface area contributed by atoms with Gasteiger partial charge in [-0.05, 0) is 36.6 Å². The molecule has 0 saturated carbocycles. The first-order chi connectivity index (χ1) is 8.60. The van der Waals surface area contributed by atoms with E-state index >= 15 is 0 Å². The van der Waals surface area contributed by atoms with Crippen molar-refractivity contribution in [2.45, 2.75) is 13.3 Å². The molecule has 1 saturated heterocycles. The van der Waals surface area contributed by atoms with Gasteiger partial charge in [-0.2, -0.15) is 5.26 Å². The third-order valence-electron chi connectivity index (χ3n) is 3.37. The molecule has 1 fully saturated rings. The molecule has 0 bridgehead atoms. The molecule has 0 amide bonds. The summed E-state index contributed by atoms with van der Waals surface area (Å²) in [7, 11) is 0. The lowest BCUT2D eigenvalue weighted by molar-refractivity contribution is -0.142. The normalized spacial score (nSPS) is 23.4. The number of nitrogens with zero attached hydrogens (tertiary/aromatic N) is 2. The summed E-state index contributed by atoms with van der Waals surface area (Å²) in [6.07, 6.45) is 0.738. The van der Waals surface area contributed by atoms with E-state index in [-0.39, 0.29) is 5.92 Å². The Bertz CT molecular complexity index is 476. The monoisotopic (exact) mass is 244 g/mol. The van der Waals surface area contributed by atoms with Crippen LogP contribution in [0.1, 0.15) is 18.9 Å². The van der Waals surface area contributed by atoms with Crippen LogP contribution in [-0.4, -0.2) is 24.2 Å². The molecule has 1 heterocycles. The molecular formula is C14H16N2O2. The third kappa shape index (κ3) is 2.62. The van der Waals surface area contributed by atoms with Crippen LogP contribution in [0.2, 0.25) is 0 Å². The molecule has 2 rings (SSSR count). The molecule has 4 nitrogen and oxygen atoms in total. The number of piperidine rings is 1. The van der Waals surface area contributed by atoms with Crippen molar-refractivity contribution in [2.75, 3.05) is 18.0 Å². The smallest absolute Gasteiger partial charge is 0.308 e. The fraction of sp³-hybridized carbons (Fsp3) is 0.429. The number of anilines is 1. The predicted octanol–water partition coefficient (Wildman–Crippen LogP) is 2.11. The van der Waals surface area contributed by atoms with Crippen molar-refractivity contribution in [1.82, 2.24) is 0 Å². The Morgan fingerprint density at radius 3 is 2.61 bits per heavy atom. The Morgan fingerprint density at radius 2 is 2.06 bits per heavy atom. The number of carbonyl (C=O) groups is 1. The summed E-state index contributed by atoms with van der Waals surface area (Å²) >= 11 is 0. The first-order valence-corrected chi connectivity index (χ1v) is 6.08. The molecule has 1 aliphatic rings. The Kier molecular flexibility index (Phi) is 3.52. The molecule has 2 atom stereocenters. The van der Waals surface area contributed by atoms with E-state index in [1.807, 2.05) is 12.1 Å². The van der Waals surface area contributed by atoms with E-state index in [1.165, 1.54) is 0 Å². The van der Waals surface area contributed by atoms with E-state index in [1.54, 1.807) is 12.1 Å². The first kappa shape index (κ1) is 12.4. The highest BCUT2D eigenvalue weighted by molar-refractivity contribution is 5.71. The number of nitriles is 1. The second kappa shape index (κ2) is 5.09. The van der Waals surface area contributed by atoms with E-state index in [0.717, 1.165) is 18.7 Å². The van der Waals surface area contributed by atoms with Crippen molar-refractivity contribution in [2.24, 2.45) is 11.8 Å². The van der Waals surface area contributed by atoms with Crippen LogP contribution in [0.15, 0.2) is 24.3 Å². The molecule has 4 heteroatoms. The lowest BCUT2D eigenvalue weighted by atomic mass is 9.90. The fourth-order valence-electron chi connectivity index (χ4n) is 2.49. The molecule has 0 aliphatic carbocycles. The topological polar surface area (TPSA) is 64.3 Å². The summed E-state index contributed by atoms with van der Waals surface area (Å²) in [5, 5.41) is 17.9. The number of hydrogen-bond acceptors (Lipinski definition) is 3. The standard InChI is InChI=1S/C14H16N2O2/c1-10-6-12(14(17)18)9-16(8-10)13-4-2-11(7-15)3-5-13/h2-5,10,12H,6,8-9H2,1H3,(H,17,18). The Morgan fingerprint density at radius 1 is 1.39 bits per heavy atom. The number of rotatable bonds is 2. The molecule has 0 spiro atoms. The molecule has 94 valence electrons. The minimum absolute atomic E-state index is 0.301. The van der Waals surface area contributed by atoms with Gasteiger partial charge in [0.05, 0.1) is 17.6 Å². The number of benzene rings is 1. The summed E-state index contributed by atoms with van der Waals surface area (Å²) in [5.41, 5.74) is 1.62. The highest BCUT2D eigenvalue weighted by atomic mass is 16.4. The van der Waals surface area contributed by atoms with Gasteiger partial charge in [0.2, 0.25) is 0 Å². The van der Waals surface area contributed by atoms with Crippen LogP contribution in [0.3, 0.4) is 0 Å². The van der Waals surface area contributed by atoms with Crippen molar-refractivity contribution in [3.05, 3.63) is 29.8 Å². The summed E-state index contributed by atoms with van der Waals surface area (Å²) in [6.45, 7) is 3.49. The van der Waals surface area contributed by atoms with E-state index in [0.29, 0.717) is 18.0 Å². The predicted molar refractivity (Wildman–Crippen MR) is 68.3 cm³/mol. The molecule has 2 unspecified atom stereocenters. The average Bonchev–Trinajstić information content (AvgIpc) is 2.38. The third-order valence-corrected chi connectivity index (χ3v) is 3.37. The largest absolute Gasteiger partial charge is 0.481 e. The Labute approximate surface area is 106 Å². The summed E-state index contributed by atoms with van der Waals surface area (Å²) < 4.78 is 0. The highest BCUT2D eigenvalue weighted by Gasteiger charge is 2.29. The quantitative estimate of drug-likeness (QED) is 0.865. The minimum Gasteiger partial charge on any atom is -0.481 e. The highest BCUT2D eigenvalue weighted by Crippen LogP contribution is 2.26. The van der Waals surface area contributed by atoms with Crippen LogP contribution in [0.5, 0.6) is 0 Å². The molecule has 0 aromatic heterocycles. The van der Waals surface area contributed by atoms with Gasteiger partial charge in [-0.3, -0.25) is 4.79 Å². The lowest BCUT2D eigenvalue weighted by Gasteiger charge is -2.36. The molecule has 1 aromatic rings. The summed E-state index contributed by atoms with van der Waals surface area (Å²) in [4.78, 5) is 13.2. The number of carboxylic acids is 1. The summed E-state index contributed by atoms with van der Waals surface area (Å²) in [6, 6.07) is 9.39. The van der Waals surface area contributed by atoms with Gasteiger partial charge in [-0.1, -0.05) is 6.92 Å². The number of aliphatic carboxylic acids is 1. The molecule has 1 aromatic carbocycles. The maximum Gasteiger partial charge on any atom is 0.308 e. The van der Waals surface area contributed by atoms with Crippen LogP contribution in [0, 0.1) is 23.2 Å². The van der Waals surface area contributed by atoms with E-state index in [9.17, 15) is 4.79 Å². The van der Waals surface area contributed by atoms with Gasteiger partial charge >= 0.3 is 5.97 Å². The van der Waals surface area contributed by atoms with Gasteiger partial charge in [0, 0.05) is 18.8 Å². The van der Waals surface area contributed by atoms with E-state index in [4.69, 9.17) is 10.4 Å². The van der Waals surface area contributed by atoms with Crippen molar-refractivity contribution >= 4 is 11.7 Å². The maximum atomic E-state index is 11.1. The van der Waals surface area contributed by atoms with E-state index < -0.39 is 5.97 Å². The van der Waals surface area contributed by atoms with Crippen LogP contribution in [0.4, 0.5) is 5.69 Å². The number of hydrogen-bond donors (Lipinski definition) is 1. The molecular weight excluding hydrogens is 228 g/mol. The molecule has 1 aliphatic heterocycles. The Hall–Kier alpha value is -2.02. The molecule has 0 radical (unpaired) electrons. The Balaban J connectivity index is 2.16. The zero-order valence-corrected chi connectivity index (χ0v) is 10.3. The second-order valence-corrected chi connectivity index (χ2v) is 4.94. The van der Waals surface area contributed by atoms with Crippen molar-refractivity contribution in [1.29, 1.82) is 5.26 Å². The van der Waals surface area contributed by atoms with Crippen molar-refractivity contribution in [3.8, 4) is 6.07 Å².